The quantitative estimate of drug-likeness (QED) is 0.674. The lowest BCUT2D eigenvalue weighted by Gasteiger charge is -2.20. The molecule has 0 unspecified atom stereocenters. The van der Waals surface area contributed by atoms with E-state index in [0.29, 0.717) is 28.9 Å². The van der Waals surface area contributed by atoms with Crippen LogP contribution in [0.3, 0.4) is 0 Å². The average molecular weight is 390 g/mol. The lowest BCUT2D eigenvalue weighted by Crippen LogP contribution is -2.11. The van der Waals surface area contributed by atoms with E-state index in [1.54, 1.807) is 23.6 Å². The van der Waals surface area contributed by atoms with Crippen molar-refractivity contribution in [3.05, 3.63) is 47.2 Å². The van der Waals surface area contributed by atoms with Crippen LogP contribution in [0.2, 0.25) is 0 Å². The summed E-state index contributed by atoms with van der Waals surface area (Å²) in [5.74, 6) is 1.44. The van der Waals surface area contributed by atoms with E-state index in [1.165, 1.54) is 6.42 Å². The largest absolute Gasteiger partial charge is 0.339 e. The minimum absolute atomic E-state index is 0.224. The molecule has 1 saturated carbocycles. The van der Waals surface area contributed by atoms with Crippen LogP contribution in [0.1, 0.15) is 43.6 Å². The molecule has 1 N–H and O–H groups in total. The van der Waals surface area contributed by atoms with E-state index in [2.05, 4.69) is 21.8 Å². The molecule has 0 bridgehead atoms. The Bertz CT molecular complexity index is 1000. The number of rotatable bonds is 6. The molecule has 1 fully saturated rings. The summed E-state index contributed by atoms with van der Waals surface area (Å²) in [6.45, 7) is 2.06. The Labute approximate surface area is 156 Å². The first-order valence-corrected chi connectivity index (χ1v) is 11.0. The zero-order valence-electron chi connectivity index (χ0n) is 14.3. The Balaban J connectivity index is 1.52. The highest BCUT2D eigenvalue weighted by Gasteiger charge is 2.26. The zero-order valence-corrected chi connectivity index (χ0v) is 15.9. The van der Waals surface area contributed by atoms with Gasteiger partial charge in [0.05, 0.1) is 0 Å². The van der Waals surface area contributed by atoms with Gasteiger partial charge in [-0.15, -0.1) is 11.3 Å². The molecule has 0 radical (unpaired) electrons. The van der Waals surface area contributed by atoms with Crippen molar-refractivity contribution in [2.45, 2.75) is 42.7 Å². The van der Waals surface area contributed by atoms with Crippen molar-refractivity contribution < 1.29 is 12.9 Å². The van der Waals surface area contributed by atoms with Gasteiger partial charge in [0.15, 0.2) is 0 Å². The molecule has 0 atom stereocenters. The van der Waals surface area contributed by atoms with Crippen LogP contribution in [-0.4, -0.2) is 18.6 Å². The fraction of sp³-hybridized carbons (Fsp3) is 0.333. The highest BCUT2D eigenvalue weighted by atomic mass is 32.2. The molecule has 0 spiro atoms. The summed E-state index contributed by atoms with van der Waals surface area (Å²) in [5.41, 5.74) is 2.36. The van der Waals surface area contributed by atoms with Gasteiger partial charge in [0.1, 0.15) is 4.21 Å². The van der Waals surface area contributed by atoms with Crippen LogP contribution >= 0.6 is 11.3 Å². The first kappa shape index (κ1) is 17.2. The second kappa shape index (κ2) is 6.85. The maximum absolute atomic E-state index is 12.6. The van der Waals surface area contributed by atoms with Crippen LogP contribution < -0.4 is 4.72 Å². The van der Waals surface area contributed by atoms with E-state index in [1.807, 2.05) is 12.1 Å². The molecule has 2 aromatic heterocycles. The number of hydrogen-bond acceptors (Lipinski definition) is 6. The van der Waals surface area contributed by atoms with Crippen LogP contribution in [0.15, 0.2) is 44.4 Å². The Morgan fingerprint density at radius 2 is 2.04 bits per heavy atom. The topological polar surface area (TPSA) is 85.1 Å². The van der Waals surface area contributed by atoms with Crippen LogP contribution in [0.5, 0.6) is 0 Å². The van der Waals surface area contributed by atoms with E-state index in [4.69, 9.17) is 4.52 Å². The van der Waals surface area contributed by atoms with Gasteiger partial charge in [-0.2, -0.15) is 4.98 Å². The van der Waals surface area contributed by atoms with Gasteiger partial charge < -0.3 is 4.52 Å². The van der Waals surface area contributed by atoms with E-state index >= 15 is 0 Å². The molecule has 4 rings (SSSR count). The molecule has 0 amide bonds. The van der Waals surface area contributed by atoms with E-state index < -0.39 is 10.0 Å². The van der Waals surface area contributed by atoms with Crippen molar-refractivity contribution in [3.8, 4) is 11.4 Å². The summed E-state index contributed by atoms with van der Waals surface area (Å²) in [4.78, 5) is 4.41. The minimum Gasteiger partial charge on any atom is -0.339 e. The van der Waals surface area contributed by atoms with Crippen molar-refractivity contribution in [1.29, 1.82) is 0 Å². The van der Waals surface area contributed by atoms with Crippen molar-refractivity contribution in [3.63, 3.8) is 0 Å². The lowest BCUT2D eigenvalue weighted by atomic mass is 9.85. The third-order valence-corrected chi connectivity index (χ3v) is 7.43. The van der Waals surface area contributed by atoms with Gasteiger partial charge >= 0.3 is 0 Å². The summed E-state index contributed by atoms with van der Waals surface area (Å²) >= 11 is 1.14. The molecule has 0 saturated heterocycles. The van der Waals surface area contributed by atoms with Gasteiger partial charge in [0, 0.05) is 22.5 Å². The van der Waals surface area contributed by atoms with Gasteiger partial charge in [-0.05, 0) is 43.0 Å². The molecule has 1 aromatic carbocycles. The molecule has 3 aromatic rings. The smallest absolute Gasteiger partial charge is 0.271 e. The molecule has 1 aliphatic rings. The number of aryl methyl sites for hydroxylation is 1. The second-order valence-corrected chi connectivity index (χ2v) is 9.21. The number of hydrogen-bond donors (Lipinski definition) is 1. The van der Waals surface area contributed by atoms with E-state index in [-0.39, 0.29) is 4.21 Å². The van der Waals surface area contributed by atoms with Gasteiger partial charge in [-0.1, -0.05) is 30.6 Å². The van der Waals surface area contributed by atoms with Gasteiger partial charge in [0.2, 0.25) is 11.7 Å². The molecule has 6 nitrogen and oxygen atoms in total. The number of thiophene rings is 1. The molecule has 136 valence electrons. The highest BCUT2D eigenvalue weighted by molar-refractivity contribution is 7.94. The summed E-state index contributed by atoms with van der Waals surface area (Å²) in [6, 6.07) is 8.96. The Hall–Kier alpha value is -2.19. The third-order valence-electron chi connectivity index (χ3n) is 4.61. The summed E-state index contributed by atoms with van der Waals surface area (Å²) in [5, 5.41) is 5.73. The fourth-order valence-electron chi connectivity index (χ4n) is 2.76. The van der Waals surface area contributed by atoms with Crippen LogP contribution in [0.4, 0.5) is 5.69 Å². The SMILES string of the molecule is CCc1ccc(NS(=O)(=O)c2cc(-c3noc(C4CCC4)n3)cs2)cc1. The van der Waals surface area contributed by atoms with Crippen LogP contribution in [0.25, 0.3) is 11.4 Å². The van der Waals surface area contributed by atoms with Crippen molar-refractivity contribution >= 4 is 27.0 Å². The van der Waals surface area contributed by atoms with E-state index in [9.17, 15) is 8.42 Å². The number of aromatic nitrogens is 2. The third kappa shape index (κ3) is 3.39. The fourth-order valence-corrected chi connectivity index (χ4v) is 4.98. The lowest BCUT2D eigenvalue weighted by molar-refractivity contribution is 0.292. The van der Waals surface area contributed by atoms with Crippen LogP contribution in [0, 0.1) is 0 Å². The molecule has 2 heterocycles. The Kier molecular flexibility index (Phi) is 4.54. The first-order chi connectivity index (χ1) is 12.5. The monoisotopic (exact) mass is 389 g/mol. The van der Waals surface area contributed by atoms with Crippen molar-refractivity contribution in [2.24, 2.45) is 0 Å². The van der Waals surface area contributed by atoms with Crippen molar-refractivity contribution in [1.82, 2.24) is 10.1 Å². The number of nitrogens with zero attached hydrogens (tertiary/aromatic N) is 2. The summed E-state index contributed by atoms with van der Waals surface area (Å²) in [6.07, 6.45) is 4.25. The number of benzene rings is 1. The predicted molar refractivity (Wildman–Crippen MR) is 101 cm³/mol. The number of sulfonamides is 1. The van der Waals surface area contributed by atoms with Gasteiger partial charge in [-0.3, -0.25) is 4.72 Å². The normalized spacial score (nSPS) is 15.0. The van der Waals surface area contributed by atoms with E-state index in [0.717, 1.165) is 36.2 Å². The van der Waals surface area contributed by atoms with Gasteiger partial charge in [-0.25, -0.2) is 8.42 Å². The molecule has 8 heteroatoms. The summed E-state index contributed by atoms with van der Waals surface area (Å²) in [7, 11) is -3.64. The van der Waals surface area contributed by atoms with Crippen LogP contribution in [-0.2, 0) is 16.4 Å². The molecule has 26 heavy (non-hydrogen) atoms. The first-order valence-electron chi connectivity index (χ1n) is 8.59. The van der Waals surface area contributed by atoms with Gasteiger partial charge in [0.25, 0.3) is 10.0 Å². The Morgan fingerprint density at radius 3 is 2.69 bits per heavy atom. The highest BCUT2D eigenvalue weighted by Crippen LogP contribution is 2.36. The maximum Gasteiger partial charge on any atom is 0.271 e. The maximum atomic E-state index is 12.6. The molecule has 1 aliphatic carbocycles. The standard InChI is InChI=1S/C18H19N3O3S2/c1-2-12-6-8-15(9-7-12)21-26(22,23)16-10-14(11-25-16)17-19-18(24-20-17)13-4-3-5-13/h6-11,13,21H,2-5H2,1H3. The number of nitrogens with one attached hydrogen (secondary N) is 1. The zero-order chi connectivity index (χ0) is 18.1. The second-order valence-electron chi connectivity index (χ2n) is 6.39. The molecular formula is C18H19N3O3S2. The predicted octanol–water partition coefficient (Wildman–Crippen LogP) is 4.43. The minimum atomic E-state index is -3.64. The molecular weight excluding hydrogens is 370 g/mol. The number of anilines is 1. The average Bonchev–Trinajstić information content (AvgIpc) is 3.23. The van der Waals surface area contributed by atoms with Crippen molar-refractivity contribution in [2.75, 3.05) is 4.72 Å². The Morgan fingerprint density at radius 1 is 1.27 bits per heavy atom. The molecule has 0 aliphatic heterocycles. The summed E-state index contributed by atoms with van der Waals surface area (Å²) < 4.78 is 33.4.